The van der Waals surface area contributed by atoms with E-state index in [1.807, 2.05) is 13.8 Å². The number of nitrogens with zero attached hydrogens (tertiary/aromatic N) is 1. The Morgan fingerprint density at radius 3 is 2.43 bits per heavy atom. The number of esters is 1. The third-order valence-corrected chi connectivity index (χ3v) is 2.96. The topological polar surface area (TPSA) is 68.3 Å². The molecule has 0 bridgehead atoms. The Balaban J connectivity index is 2.87. The summed E-state index contributed by atoms with van der Waals surface area (Å²) in [6.45, 7) is 9.01. The van der Waals surface area contributed by atoms with Crippen LogP contribution in [0.1, 0.15) is 45.0 Å². The van der Waals surface area contributed by atoms with Crippen LogP contribution in [0.4, 0.5) is 0 Å². The molecule has 1 heterocycles. The molecule has 0 radical (unpaired) electrons. The predicted octanol–water partition coefficient (Wildman–Crippen LogP) is 2.83. The molecular weight excluding hydrogens is 292 g/mol. The molecule has 0 aromatic carbocycles. The van der Waals surface area contributed by atoms with Gasteiger partial charge in [-0.1, -0.05) is 25.4 Å². The van der Waals surface area contributed by atoms with E-state index in [1.54, 1.807) is 20.8 Å². The van der Waals surface area contributed by atoms with E-state index in [1.165, 1.54) is 18.5 Å². The summed E-state index contributed by atoms with van der Waals surface area (Å²) in [5, 5.41) is 2.94. The Bertz CT molecular complexity index is 524. The first kappa shape index (κ1) is 17.4. The highest BCUT2D eigenvalue weighted by atomic mass is 35.5. The SMILES string of the molecule is CC(C)[C@@H](NC(=O)c1cnccc1Cl)C(=O)OC(C)(C)C. The van der Waals surface area contributed by atoms with Crippen LogP contribution in [0, 0.1) is 5.92 Å². The number of halogens is 1. The van der Waals surface area contributed by atoms with Crippen molar-refractivity contribution in [2.24, 2.45) is 5.92 Å². The highest BCUT2D eigenvalue weighted by Crippen LogP contribution is 2.16. The van der Waals surface area contributed by atoms with Crippen molar-refractivity contribution >= 4 is 23.5 Å². The van der Waals surface area contributed by atoms with Crippen molar-refractivity contribution in [2.75, 3.05) is 0 Å². The minimum absolute atomic E-state index is 0.112. The molecule has 116 valence electrons. The van der Waals surface area contributed by atoms with E-state index in [2.05, 4.69) is 10.3 Å². The number of carbonyl (C=O) groups excluding carboxylic acids is 2. The van der Waals surface area contributed by atoms with Crippen LogP contribution in [0.5, 0.6) is 0 Å². The molecule has 0 saturated heterocycles. The lowest BCUT2D eigenvalue weighted by Gasteiger charge is -2.26. The molecule has 1 aromatic heterocycles. The van der Waals surface area contributed by atoms with E-state index < -0.39 is 23.5 Å². The number of ether oxygens (including phenoxy) is 1. The van der Waals surface area contributed by atoms with Gasteiger partial charge in [-0.05, 0) is 32.8 Å². The van der Waals surface area contributed by atoms with Crippen LogP contribution in [0.25, 0.3) is 0 Å². The van der Waals surface area contributed by atoms with Crippen LogP contribution in [0.15, 0.2) is 18.5 Å². The van der Waals surface area contributed by atoms with Gasteiger partial charge in [0.25, 0.3) is 5.91 Å². The number of hydrogen-bond donors (Lipinski definition) is 1. The molecule has 1 N–H and O–H groups in total. The summed E-state index contributed by atoms with van der Waals surface area (Å²) in [5.74, 6) is -1.03. The van der Waals surface area contributed by atoms with Crippen molar-refractivity contribution in [1.82, 2.24) is 10.3 Å². The van der Waals surface area contributed by atoms with Crippen LogP contribution >= 0.6 is 11.6 Å². The second-order valence-corrected chi connectivity index (χ2v) is 6.49. The largest absolute Gasteiger partial charge is 0.458 e. The van der Waals surface area contributed by atoms with Crippen molar-refractivity contribution in [3.8, 4) is 0 Å². The highest BCUT2D eigenvalue weighted by molar-refractivity contribution is 6.33. The van der Waals surface area contributed by atoms with E-state index in [9.17, 15) is 9.59 Å². The molecule has 21 heavy (non-hydrogen) atoms. The Morgan fingerprint density at radius 1 is 1.33 bits per heavy atom. The summed E-state index contributed by atoms with van der Waals surface area (Å²) in [5.41, 5.74) is -0.380. The summed E-state index contributed by atoms with van der Waals surface area (Å²) >= 11 is 5.95. The number of nitrogens with one attached hydrogen (secondary N) is 1. The Hall–Kier alpha value is -1.62. The third-order valence-electron chi connectivity index (χ3n) is 2.63. The van der Waals surface area contributed by atoms with Crippen molar-refractivity contribution < 1.29 is 14.3 Å². The van der Waals surface area contributed by atoms with Gasteiger partial charge >= 0.3 is 5.97 Å². The van der Waals surface area contributed by atoms with E-state index in [-0.39, 0.29) is 16.5 Å². The molecule has 0 aliphatic carbocycles. The van der Waals surface area contributed by atoms with E-state index in [0.29, 0.717) is 0 Å². The minimum atomic E-state index is -0.743. The number of carbonyl (C=O) groups is 2. The Kier molecular flexibility index (Phi) is 5.72. The van der Waals surface area contributed by atoms with Crippen LogP contribution in [0.2, 0.25) is 5.02 Å². The molecule has 1 aromatic rings. The summed E-state index contributed by atoms with van der Waals surface area (Å²) in [6, 6.07) is 0.780. The highest BCUT2D eigenvalue weighted by Gasteiger charge is 2.29. The zero-order valence-electron chi connectivity index (χ0n) is 12.9. The molecule has 0 aliphatic heterocycles. The Labute approximate surface area is 130 Å². The van der Waals surface area contributed by atoms with Crippen molar-refractivity contribution in [1.29, 1.82) is 0 Å². The van der Waals surface area contributed by atoms with Gasteiger partial charge in [0.2, 0.25) is 0 Å². The zero-order chi connectivity index (χ0) is 16.2. The molecule has 1 rings (SSSR count). The van der Waals surface area contributed by atoms with Crippen LogP contribution in [-0.2, 0) is 9.53 Å². The van der Waals surface area contributed by atoms with Crippen molar-refractivity contribution in [3.63, 3.8) is 0 Å². The standard InChI is InChI=1S/C15H21ClN2O3/c1-9(2)12(14(20)21-15(3,4)5)18-13(19)10-8-17-7-6-11(10)16/h6-9,12H,1-5H3,(H,18,19)/t12-/m1/s1. The first-order chi connectivity index (χ1) is 9.61. The molecule has 0 spiro atoms. The fourth-order valence-electron chi connectivity index (χ4n) is 1.63. The monoisotopic (exact) mass is 312 g/mol. The average Bonchev–Trinajstić information content (AvgIpc) is 2.33. The average molecular weight is 313 g/mol. The molecule has 5 nitrogen and oxygen atoms in total. The minimum Gasteiger partial charge on any atom is -0.458 e. The normalized spacial score (nSPS) is 12.9. The van der Waals surface area contributed by atoms with Crippen LogP contribution in [-0.4, -0.2) is 28.5 Å². The number of pyridine rings is 1. The molecule has 0 fully saturated rings. The maximum Gasteiger partial charge on any atom is 0.329 e. The fraction of sp³-hybridized carbons (Fsp3) is 0.533. The second kappa shape index (κ2) is 6.89. The maximum atomic E-state index is 12.2. The molecule has 0 aliphatic rings. The van der Waals surface area contributed by atoms with Crippen molar-refractivity contribution in [3.05, 3.63) is 29.0 Å². The first-order valence-corrected chi connectivity index (χ1v) is 7.13. The van der Waals surface area contributed by atoms with Gasteiger partial charge in [-0.2, -0.15) is 0 Å². The third kappa shape index (κ3) is 5.34. The van der Waals surface area contributed by atoms with Gasteiger partial charge in [0.05, 0.1) is 10.6 Å². The van der Waals surface area contributed by atoms with Crippen molar-refractivity contribution in [2.45, 2.75) is 46.3 Å². The van der Waals surface area contributed by atoms with Gasteiger partial charge in [-0.3, -0.25) is 9.78 Å². The second-order valence-electron chi connectivity index (χ2n) is 6.08. The summed E-state index contributed by atoms with van der Waals surface area (Å²) in [7, 11) is 0. The zero-order valence-corrected chi connectivity index (χ0v) is 13.7. The van der Waals surface area contributed by atoms with Gasteiger partial charge in [-0.15, -0.1) is 0 Å². The molecule has 1 amide bonds. The molecule has 0 unspecified atom stereocenters. The molecule has 0 saturated carbocycles. The fourth-order valence-corrected chi connectivity index (χ4v) is 1.82. The summed E-state index contributed by atoms with van der Waals surface area (Å²) in [6.07, 6.45) is 2.86. The van der Waals surface area contributed by atoms with Gasteiger partial charge in [0.1, 0.15) is 11.6 Å². The van der Waals surface area contributed by atoms with E-state index >= 15 is 0 Å². The van der Waals surface area contributed by atoms with Gasteiger partial charge in [0, 0.05) is 12.4 Å². The maximum absolute atomic E-state index is 12.2. The summed E-state index contributed by atoms with van der Waals surface area (Å²) in [4.78, 5) is 28.2. The van der Waals surface area contributed by atoms with Crippen LogP contribution < -0.4 is 5.32 Å². The molecule has 6 heteroatoms. The quantitative estimate of drug-likeness (QED) is 0.868. The van der Waals surface area contributed by atoms with Gasteiger partial charge < -0.3 is 10.1 Å². The smallest absolute Gasteiger partial charge is 0.329 e. The Morgan fingerprint density at radius 2 is 1.95 bits per heavy atom. The number of amides is 1. The van der Waals surface area contributed by atoms with Gasteiger partial charge in [0.15, 0.2) is 0 Å². The number of aromatic nitrogens is 1. The van der Waals surface area contributed by atoms with E-state index in [0.717, 1.165) is 0 Å². The van der Waals surface area contributed by atoms with Crippen LogP contribution in [0.3, 0.4) is 0 Å². The van der Waals surface area contributed by atoms with Gasteiger partial charge in [-0.25, -0.2) is 4.79 Å². The first-order valence-electron chi connectivity index (χ1n) is 6.75. The number of rotatable bonds is 4. The lowest BCUT2D eigenvalue weighted by molar-refractivity contribution is -0.158. The number of hydrogen-bond acceptors (Lipinski definition) is 4. The lowest BCUT2D eigenvalue weighted by Crippen LogP contribution is -2.47. The predicted molar refractivity (Wildman–Crippen MR) is 81.2 cm³/mol. The molecule has 1 atom stereocenters. The molecular formula is C15H21ClN2O3. The lowest BCUT2D eigenvalue weighted by atomic mass is 10.0. The van der Waals surface area contributed by atoms with E-state index in [4.69, 9.17) is 16.3 Å². The summed E-state index contributed by atoms with van der Waals surface area (Å²) < 4.78 is 5.33.